The summed E-state index contributed by atoms with van der Waals surface area (Å²) in [6.07, 6.45) is 0. The first-order chi connectivity index (χ1) is 6.77. The summed E-state index contributed by atoms with van der Waals surface area (Å²) in [5.41, 5.74) is -0.382. The van der Waals surface area contributed by atoms with Crippen molar-refractivity contribution in [2.75, 3.05) is 26.2 Å². The third-order valence-corrected chi connectivity index (χ3v) is 3.26. The van der Waals surface area contributed by atoms with Crippen LogP contribution in [-0.2, 0) is 4.74 Å². The average molecular weight is 234 g/mol. The Labute approximate surface area is 91.7 Å². The van der Waals surface area contributed by atoms with Crippen LogP contribution in [0.25, 0.3) is 0 Å². The Morgan fingerprint density at radius 3 is 3.07 bits per heavy atom. The fraction of sp³-hybridized carbons (Fsp3) is 0.625. The van der Waals surface area contributed by atoms with Gasteiger partial charge in [-0.2, -0.15) is 0 Å². The molecular formula is C8H9Cl2N3O. The predicted octanol–water partition coefficient (Wildman–Crippen LogP) is 0.977. The lowest BCUT2D eigenvalue weighted by atomic mass is 10.3. The zero-order valence-electron chi connectivity index (χ0n) is 7.41. The van der Waals surface area contributed by atoms with Gasteiger partial charge in [-0.3, -0.25) is 0 Å². The maximum Gasteiger partial charge on any atom is 0.200 e. The molecule has 0 aromatic rings. The number of nitrogens with zero attached hydrogens (tertiary/aromatic N) is 3. The molecular weight excluding hydrogens is 225 g/mol. The van der Waals surface area contributed by atoms with Gasteiger partial charge in [0.2, 0.25) is 5.62 Å². The summed E-state index contributed by atoms with van der Waals surface area (Å²) in [5.74, 6) is 1.70. The highest BCUT2D eigenvalue weighted by atomic mass is 35.5. The Hall–Kier alpha value is -0.610. The van der Waals surface area contributed by atoms with Crippen molar-refractivity contribution in [3.63, 3.8) is 0 Å². The van der Waals surface area contributed by atoms with Gasteiger partial charge in [0.25, 0.3) is 0 Å². The summed E-state index contributed by atoms with van der Waals surface area (Å²) in [6, 6.07) is 0. The van der Waals surface area contributed by atoms with E-state index in [4.69, 9.17) is 27.9 Å². The van der Waals surface area contributed by atoms with E-state index in [0.29, 0.717) is 17.5 Å². The molecule has 0 amide bonds. The zero-order valence-corrected chi connectivity index (χ0v) is 8.92. The van der Waals surface area contributed by atoms with E-state index < -0.39 is 0 Å². The fourth-order valence-corrected chi connectivity index (χ4v) is 2.59. The third-order valence-electron chi connectivity index (χ3n) is 2.66. The van der Waals surface area contributed by atoms with Gasteiger partial charge in [-0.15, -0.1) is 0 Å². The second-order valence-corrected chi connectivity index (χ2v) is 4.16. The van der Waals surface area contributed by atoms with Gasteiger partial charge in [-0.1, -0.05) is 23.2 Å². The molecule has 0 N–H and O–H groups in total. The highest BCUT2D eigenvalue weighted by Gasteiger charge is 2.39. The largest absolute Gasteiger partial charge is 0.485 e. The van der Waals surface area contributed by atoms with Gasteiger partial charge < -0.3 is 14.5 Å². The van der Waals surface area contributed by atoms with Crippen LogP contribution >= 0.6 is 23.2 Å². The summed E-state index contributed by atoms with van der Waals surface area (Å²) in [7, 11) is 0. The highest BCUT2D eigenvalue weighted by molar-refractivity contribution is 6.69. The van der Waals surface area contributed by atoms with Gasteiger partial charge in [-0.05, 0) is 0 Å². The monoisotopic (exact) mass is 233 g/mol. The first-order valence-corrected chi connectivity index (χ1v) is 5.35. The van der Waals surface area contributed by atoms with Crippen LogP contribution in [0.2, 0.25) is 0 Å². The molecule has 1 fully saturated rings. The van der Waals surface area contributed by atoms with Crippen LogP contribution in [0.5, 0.6) is 0 Å². The number of aliphatic imine (C=N–C) groups is 1. The summed E-state index contributed by atoms with van der Waals surface area (Å²) < 4.78 is 5.50. The van der Waals surface area contributed by atoms with Gasteiger partial charge >= 0.3 is 0 Å². The van der Waals surface area contributed by atoms with Gasteiger partial charge in [0.1, 0.15) is 6.61 Å². The number of rotatable bonds is 0. The van der Waals surface area contributed by atoms with E-state index >= 15 is 0 Å². The molecule has 0 radical (unpaired) electrons. The molecule has 1 saturated heterocycles. The fourth-order valence-electron chi connectivity index (χ4n) is 2.02. The Morgan fingerprint density at radius 1 is 1.36 bits per heavy atom. The lowest BCUT2D eigenvalue weighted by Gasteiger charge is -2.34. The number of alkyl halides is 1. The Morgan fingerprint density at radius 2 is 2.21 bits per heavy atom. The van der Waals surface area contributed by atoms with Crippen molar-refractivity contribution in [2.45, 2.75) is 5.62 Å². The van der Waals surface area contributed by atoms with Crippen LogP contribution in [0.4, 0.5) is 0 Å². The Balaban J connectivity index is 2.10. The molecule has 0 aromatic carbocycles. The molecule has 0 bridgehead atoms. The van der Waals surface area contributed by atoms with Gasteiger partial charge in [0.15, 0.2) is 16.8 Å². The molecule has 1 atom stereocenters. The molecule has 0 spiro atoms. The van der Waals surface area contributed by atoms with Crippen LogP contribution in [-0.4, -0.2) is 46.8 Å². The molecule has 3 aliphatic heterocycles. The third kappa shape index (κ3) is 1.04. The molecule has 3 aliphatic rings. The summed E-state index contributed by atoms with van der Waals surface area (Å²) >= 11 is 12.0. The van der Waals surface area contributed by atoms with Crippen LogP contribution in [0.3, 0.4) is 0 Å². The lowest BCUT2D eigenvalue weighted by Crippen LogP contribution is -2.39. The van der Waals surface area contributed by atoms with Gasteiger partial charge in [0, 0.05) is 13.1 Å². The van der Waals surface area contributed by atoms with Crippen molar-refractivity contribution in [3.05, 3.63) is 11.6 Å². The molecule has 4 nitrogen and oxygen atoms in total. The minimum Gasteiger partial charge on any atom is -0.485 e. The van der Waals surface area contributed by atoms with E-state index in [2.05, 4.69) is 9.89 Å². The van der Waals surface area contributed by atoms with E-state index in [1.165, 1.54) is 0 Å². The quantitative estimate of drug-likeness (QED) is 0.462. The molecule has 1 unspecified atom stereocenters. The summed E-state index contributed by atoms with van der Waals surface area (Å²) in [6.45, 7) is 3.45. The maximum absolute atomic E-state index is 6.06. The molecule has 0 aromatic heterocycles. The van der Waals surface area contributed by atoms with Crippen molar-refractivity contribution in [2.24, 2.45) is 4.99 Å². The molecule has 14 heavy (non-hydrogen) atoms. The normalized spacial score (nSPS) is 30.1. The van der Waals surface area contributed by atoms with Crippen LogP contribution in [0, 0.1) is 0 Å². The molecule has 76 valence electrons. The van der Waals surface area contributed by atoms with Crippen LogP contribution in [0.15, 0.2) is 16.6 Å². The Bertz CT molecular complexity index is 341. The number of ether oxygens (including phenoxy) is 1. The smallest absolute Gasteiger partial charge is 0.200 e. The van der Waals surface area contributed by atoms with Gasteiger partial charge in [-0.25, -0.2) is 4.99 Å². The average Bonchev–Trinajstić information content (AvgIpc) is 2.59. The topological polar surface area (TPSA) is 28.1 Å². The van der Waals surface area contributed by atoms with Crippen LogP contribution < -0.4 is 0 Å². The first kappa shape index (κ1) is 8.68. The summed E-state index contributed by atoms with van der Waals surface area (Å²) in [5, 5.41) is 0.392. The molecule has 3 heterocycles. The molecule has 0 aliphatic carbocycles. The highest BCUT2D eigenvalue weighted by Crippen LogP contribution is 2.34. The van der Waals surface area contributed by atoms with E-state index in [-0.39, 0.29) is 5.62 Å². The van der Waals surface area contributed by atoms with Gasteiger partial charge in [0.05, 0.1) is 6.54 Å². The summed E-state index contributed by atoms with van der Waals surface area (Å²) in [4.78, 5) is 8.37. The lowest BCUT2D eigenvalue weighted by molar-refractivity contribution is 0.134. The van der Waals surface area contributed by atoms with Crippen molar-refractivity contribution in [1.82, 2.24) is 9.80 Å². The second-order valence-electron chi connectivity index (χ2n) is 3.41. The van der Waals surface area contributed by atoms with Crippen molar-refractivity contribution in [1.29, 1.82) is 0 Å². The SMILES string of the molecule is ClC1=NC(Cl)N2CCN3CCOC1=C32. The number of hydrogen-bond donors (Lipinski definition) is 0. The van der Waals surface area contributed by atoms with E-state index in [0.717, 1.165) is 25.5 Å². The number of hydrogen-bond acceptors (Lipinski definition) is 4. The second kappa shape index (κ2) is 2.94. The molecule has 6 heteroatoms. The molecule has 3 rings (SSSR count). The van der Waals surface area contributed by atoms with Crippen LogP contribution in [0.1, 0.15) is 0 Å². The zero-order chi connectivity index (χ0) is 9.71. The minimum atomic E-state index is -0.382. The minimum absolute atomic E-state index is 0.382. The van der Waals surface area contributed by atoms with E-state index in [9.17, 15) is 0 Å². The Kier molecular flexibility index (Phi) is 1.82. The standard InChI is InChI=1S/C8H9Cl2N3O/c9-6-5-7-12(3-4-14-5)1-2-13(7)8(10)11-6/h8H,1-4H2. The first-order valence-electron chi connectivity index (χ1n) is 4.54. The van der Waals surface area contributed by atoms with Crippen molar-refractivity contribution >= 4 is 28.4 Å². The predicted molar refractivity (Wildman–Crippen MR) is 54.2 cm³/mol. The van der Waals surface area contributed by atoms with E-state index in [1.54, 1.807) is 0 Å². The van der Waals surface area contributed by atoms with Crippen molar-refractivity contribution in [3.8, 4) is 0 Å². The number of halogens is 2. The van der Waals surface area contributed by atoms with E-state index in [1.807, 2.05) is 4.90 Å². The van der Waals surface area contributed by atoms with Crippen molar-refractivity contribution < 1.29 is 4.74 Å². The maximum atomic E-state index is 6.06. The number of allylic oxidation sites excluding steroid dienone is 1. The molecule has 0 saturated carbocycles.